The number of nitrogen functional groups attached to an aromatic ring is 1. The molecule has 22 heavy (non-hydrogen) atoms. The Labute approximate surface area is 131 Å². The second-order valence-corrected chi connectivity index (χ2v) is 5.59. The zero-order valence-electron chi connectivity index (χ0n) is 13.6. The summed E-state index contributed by atoms with van der Waals surface area (Å²) in [6.45, 7) is 4.94. The van der Waals surface area contributed by atoms with Gasteiger partial charge in [-0.25, -0.2) is 0 Å². The Kier molecular flexibility index (Phi) is 5.08. The second kappa shape index (κ2) is 6.83. The van der Waals surface area contributed by atoms with E-state index in [0.29, 0.717) is 6.54 Å². The number of hydrogen-bond acceptors (Lipinski definition) is 3. The molecule has 1 amide bonds. The van der Waals surface area contributed by atoms with Crippen LogP contribution in [0.2, 0.25) is 0 Å². The summed E-state index contributed by atoms with van der Waals surface area (Å²) in [6, 6.07) is 7.67. The number of amides is 1. The summed E-state index contributed by atoms with van der Waals surface area (Å²) in [6.07, 6.45) is 3.62. The molecule has 1 aromatic heterocycles. The van der Waals surface area contributed by atoms with Gasteiger partial charge in [0.25, 0.3) is 0 Å². The number of hydrogen-bond donors (Lipinski definition) is 2. The van der Waals surface area contributed by atoms with Crippen molar-refractivity contribution in [2.24, 2.45) is 0 Å². The Bertz CT molecular complexity index is 636. The molecule has 0 saturated heterocycles. The highest BCUT2D eigenvalue weighted by Gasteiger charge is 2.26. The summed E-state index contributed by atoms with van der Waals surface area (Å²) in [7, 11) is 1.70. The summed E-state index contributed by atoms with van der Waals surface area (Å²) in [5, 5.41) is 3.95. The molecule has 5 heteroatoms. The molecule has 0 unspecified atom stereocenters. The molecule has 0 atom stereocenters. The van der Waals surface area contributed by atoms with Crippen molar-refractivity contribution in [1.82, 2.24) is 9.88 Å². The van der Waals surface area contributed by atoms with Crippen LogP contribution in [0.4, 0.5) is 5.69 Å². The van der Waals surface area contributed by atoms with Crippen LogP contribution in [-0.2, 0) is 16.1 Å². The zero-order valence-corrected chi connectivity index (χ0v) is 13.6. The minimum Gasteiger partial charge on any atom is -0.398 e. The molecule has 0 radical (unpaired) electrons. The van der Waals surface area contributed by atoms with E-state index in [9.17, 15) is 4.79 Å². The number of rotatable bonds is 7. The number of carbonyl (C=O) groups excluding carboxylic acids is 1. The third-order valence-corrected chi connectivity index (χ3v) is 4.49. The first-order valence-corrected chi connectivity index (χ1v) is 7.70. The van der Waals surface area contributed by atoms with E-state index < -0.39 is 0 Å². The van der Waals surface area contributed by atoms with Gasteiger partial charge < -0.3 is 20.4 Å². The molecule has 5 nitrogen and oxygen atoms in total. The van der Waals surface area contributed by atoms with Gasteiger partial charge in [0.05, 0.1) is 11.1 Å². The van der Waals surface area contributed by atoms with Gasteiger partial charge in [-0.2, -0.15) is 0 Å². The molecule has 2 rings (SSSR count). The van der Waals surface area contributed by atoms with Gasteiger partial charge in [0.1, 0.15) is 6.54 Å². The predicted octanol–water partition coefficient (Wildman–Crippen LogP) is 2.54. The lowest BCUT2D eigenvalue weighted by Gasteiger charge is -2.30. The number of nitrogens with zero attached hydrogens (tertiary/aromatic N) is 1. The molecule has 120 valence electrons. The van der Waals surface area contributed by atoms with Crippen LogP contribution in [0, 0.1) is 0 Å². The van der Waals surface area contributed by atoms with Gasteiger partial charge in [-0.15, -0.1) is 0 Å². The molecular weight excluding hydrogens is 278 g/mol. The first-order chi connectivity index (χ1) is 10.5. The predicted molar refractivity (Wildman–Crippen MR) is 89.7 cm³/mol. The number of ether oxygens (including phenoxy) is 1. The summed E-state index contributed by atoms with van der Waals surface area (Å²) < 4.78 is 7.48. The minimum absolute atomic E-state index is 0.0248. The fourth-order valence-electron chi connectivity index (χ4n) is 2.72. The topological polar surface area (TPSA) is 69.3 Å². The van der Waals surface area contributed by atoms with Crippen LogP contribution in [0.15, 0.2) is 30.5 Å². The Morgan fingerprint density at radius 3 is 2.68 bits per heavy atom. The molecule has 0 aliphatic heterocycles. The van der Waals surface area contributed by atoms with Crippen molar-refractivity contribution in [3.8, 4) is 0 Å². The van der Waals surface area contributed by atoms with E-state index in [2.05, 4.69) is 19.2 Å². The fraction of sp³-hybridized carbons (Fsp3) is 0.471. The SMILES string of the molecule is CCC(CC)(CNC(=O)Cn1ccc2c(N)cccc21)OC. The average molecular weight is 303 g/mol. The van der Waals surface area contributed by atoms with E-state index in [1.165, 1.54) is 0 Å². The highest BCUT2D eigenvalue weighted by Crippen LogP contribution is 2.22. The molecule has 0 bridgehead atoms. The van der Waals surface area contributed by atoms with Crippen LogP contribution in [0.1, 0.15) is 26.7 Å². The van der Waals surface area contributed by atoms with Gasteiger partial charge in [-0.05, 0) is 31.0 Å². The van der Waals surface area contributed by atoms with Crippen LogP contribution in [0.25, 0.3) is 10.9 Å². The molecule has 0 aliphatic rings. The molecule has 0 saturated carbocycles. The van der Waals surface area contributed by atoms with Crippen LogP contribution in [0.5, 0.6) is 0 Å². The molecule has 1 heterocycles. The lowest BCUT2D eigenvalue weighted by atomic mass is 9.97. The van der Waals surface area contributed by atoms with Crippen LogP contribution < -0.4 is 11.1 Å². The zero-order chi connectivity index (χ0) is 16.2. The Morgan fingerprint density at radius 1 is 1.32 bits per heavy atom. The lowest BCUT2D eigenvalue weighted by molar-refractivity contribution is -0.123. The van der Waals surface area contributed by atoms with Crippen molar-refractivity contribution in [1.29, 1.82) is 0 Å². The van der Waals surface area contributed by atoms with Crippen molar-refractivity contribution < 1.29 is 9.53 Å². The number of fused-ring (bicyclic) bond motifs is 1. The van der Waals surface area contributed by atoms with Crippen LogP contribution in [0.3, 0.4) is 0 Å². The van der Waals surface area contributed by atoms with E-state index in [1.54, 1.807) is 7.11 Å². The van der Waals surface area contributed by atoms with Crippen molar-refractivity contribution >= 4 is 22.5 Å². The van der Waals surface area contributed by atoms with Gasteiger partial charge in [0.2, 0.25) is 5.91 Å². The Hall–Kier alpha value is -2.01. The lowest BCUT2D eigenvalue weighted by Crippen LogP contribution is -2.44. The van der Waals surface area contributed by atoms with Crippen LogP contribution in [-0.4, -0.2) is 29.7 Å². The first kappa shape index (κ1) is 16.4. The maximum Gasteiger partial charge on any atom is 0.240 e. The largest absolute Gasteiger partial charge is 0.398 e. The third-order valence-electron chi connectivity index (χ3n) is 4.49. The molecule has 2 aromatic rings. The number of methoxy groups -OCH3 is 1. The Balaban J connectivity index is 2.04. The molecule has 0 aliphatic carbocycles. The maximum absolute atomic E-state index is 12.2. The number of carbonyl (C=O) groups is 1. The van der Waals surface area contributed by atoms with E-state index in [0.717, 1.165) is 29.4 Å². The number of nitrogens with two attached hydrogens (primary N) is 1. The number of anilines is 1. The first-order valence-electron chi connectivity index (χ1n) is 7.70. The standard InChI is InChI=1S/C17H25N3O2/c1-4-17(5-2,22-3)12-19-16(21)11-20-10-9-13-14(18)7-6-8-15(13)20/h6-10H,4-5,11-12,18H2,1-3H3,(H,19,21). The van der Waals surface area contributed by atoms with Gasteiger partial charge in [0.15, 0.2) is 0 Å². The quantitative estimate of drug-likeness (QED) is 0.772. The van der Waals surface area contributed by atoms with E-state index in [4.69, 9.17) is 10.5 Å². The minimum atomic E-state index is -0.279. The molecule has 1 aromatic carbocycles. The normalized spacial score (nSPS) is 11.8. The van der Waals surface area contributed by atoms with Crippen molar-refractivity contribution in [3.05, 3.63) is 30.5 Å². The summed E-state index contributed by atoms with van der Waals surface area (Å²) in [4.78, 5) is 12.2. The summed E-state index contributed by atoms with van der Waals surface area (Å²) in [5.74, 6) is -0.0248. The number of aromatic nitrogens is 1. The van der Waals surface area contributed by atoms with E-state index in [-0.39, 0.29) is 18.1 Å². The third kappa shape index (κ3) is 3.25. The Morgan fingerprint density at radius 2 is 2.05 bits per heavy atom. The van der Waals surface area contributed by atoms with Gasteiger partial charge in [-0.3, -0.25) is 4.79 Å². The summed E-state index contributed by atoms with van der Waals surface area (Å²) >= 11 is 0. The highest BCUT2D eigenvalue weighted by atomic mass is 16.5. The molecule has 0 fully saturated rings. The van der Waals surface area contributed by atoms with Crippen LogP contribution >= 0.6 is 0 Å². The monoisotopic (exact) mass is 303 g/mol. The van der Waals surface area contributed by atoms with Gasteiger partial charge >= 0.3 is 0 Å². The van der Waals surface area contributed by atoms with Gasteiger partial charge in [-0.1, -0.05) is 19.9 Å². The van der Waals surface area contributed by atoms with Crippen molar-refractivity contribution in [2.75, 3.05) is 19.4 Å². The van der Waals surface area contributed by atoms with Crippen molar-refractivity contribution in [3.63, 3.8) is 0 Å². The highest BCUT2D eigenvalue weighted by molar-refractivity contribution is 5.92. The van der Waals surface area contributed by atoms with E-state index in [1.807, 2.05) is 35.0 Å². The van der Waals surface area contributed by atoms with E-state index >= 15 is 0 Å². The molecule has 3 N–H and O–H groups in total. The second-order valence-electron chi connectivity index (χ2n) is 5.59. The molecular formula is C17H25N3O2. The van der Waals surface area contributed by atoms with Crippen molar-refractivity contribution in [2.45, 2.75) is 38.8 Å². The molecule has 0 spiro atoms. The number of benzene rings is 1. The average Bonchev–Trinajstić information content (AvgIpc) is 2.94. The smallest absolute Gasteiger partial charge is 0.240 e. The summed E-state index contributed by atoms with van der Waals surface area (Å²) in [5.41, 5.74) is 7.36. The maximum atomic E-state index is 12.2. The number of nitrogens with one attached hydrogen (secondary N) is 1. The van der Waals surface area contributed by atoms with Gasteiger partial charge in [0, 0.05) is 30.9 Å². The fourth-order valence-corrected chi connectivity index (χ4v) is 2.72.